The van der Waals surface area contributed by atoms with Gasteiger partial charge in [-0.1, -0.05) is 6.07 Å². The fourth-order valence-corrected chi connectivity index (χ4v) is 1.59. The molecule has 0 bridgehead atoms. The van der Waals surface area contributed by atoms with Gasteiger partial charge in [0.1, 0.15) is 6.10 Å². The highest BCUT2D eigenvalue weighted by Crippen LogP contribution is 2.25. The summed E-state index contributed by atoms with van der Waals surface area (Å²) in [7, 11) is 0. The first-order chi connectivity index (χ1) is 8.01. The molecule has 2 unspecified atom stereocenters. The van der Waals surface area contributed by atoms with Crippen molar-refractivity contribution in [3.8, 4) is 0 Å². The van der Waals surface area contributed by atoms with E-state index in [1.165, 1.54) is 12.1 Å². The van der Waals surface area contributed by atoms with Crippen molar-refractivity contribution in [2.45, 2.75) is 18.8 Å². The predicted octanol–water partition coefficient (Wildman–Crippen LogP) is 0.411. The van der Waals surface area contributed by atoms with Crippen LogP contribution < -0.4 is 0 Å². The molecule has 0 heterocycles. The van der Waals surface area contributed by atoms with Crippen LogP contribution in [0.25, 0.3) is 0 Å². The molecule has 17 heavy (non-hydrogen) atoms. The first-order valence-corrected chi connectivity index (χ1v) is 5.49. The van der Waals surface area contributed by atoms with Crippen molar-refractivity contribution in [2.75, 3.05) is 5.75 Å². The molecule has 0 spiro atoms. The zero-order valence-corrected chi connectivity index (χ0v) is 9.75. The van der Waals surface area contributed by atoms with E-state index in [-0.39, 0.29) is 22.6 Å². The predicted molar refractivity (Wildman–Crippen MR) is 63.8 cm³/mol. The van der Waals surface area contributed by atoms with Crippen LogP contribution in [0, 0.1) is 10.1 Å². The molecule has 0 aromatic heterocycles. The minimum Gasteiger partial charge on any atom is -0.391 e. The van der Waals surface area contributed by atoms with Crippen LogP contribution in [0.2, 0.25) is 0 Å². The number of hydrogen-bond donors (Lipinski definition) is 4. The highest BCUT2D eigenvalue weighted by Gasteiger charge is 2.21. The molecular formula is C10H13NO5S. The summed E-state index contributed by atoms with van der Waals surface area (Å²) < 4.78 is 0. The summed E-state index contributed by atoms with van der Waals surface area (Å²) in [4.78, 5) is 10.1. The third-order valence-electron chi connectivity index (χ3n) is 2.37. The Kier molecular flexibility index (Phi) is 4.88. The monoisotopic (exact) mass is 259 g/mol. The summed E-state index contributed by atoms with van der Waals surface area (Å²) in [6.07, 6.45) is -2.34. The van der Waals surface area contributed by atoms with Gasteiger partial charge in [0.15, 0.2) is 0 Å². The van der Waals surface area contributed by atoms with Crippen LogP contribution >= 0.6 is 12.6 Å². The number of aliphatic hydroxyl groups is 3. The minimum atomic E-state index is -1.24. The first kappa shape index (κ1) is 13.9. The van der Waals surface area contributed by atoms with Gasteiger partial charge in [-0.3, -0.25) is 10.1 Å². The zero-order chi connectivity index (χ0) is 13.0. The van der Waals surface area contributed by atoms with Gasteiger partial charge in [-0.15, -0.1) is 0 Å². The number of aliphatic hydroxyl groups excluding tert-OH is 3. The highest BCUT2D eigenvalue weighted by molar-refractivity contribution is 7.80. The number of hydrogen-bond acceptors (Lipinski definition) is 6. The average molecular weight is 259 g/mol. The molecule has 6 nitrogen and oxygen atoms in total. The number of nitro benzene ring substituents is 1. The molecule has 0 radical (unpaired) electrons. The summed E-state index contributed by atoms with van der Waals surface area (Å²) in [5.74, 6) is 0.0384. The summed E-state index contributed by atoms with van der Waals surface area (Å²) in [6, 6.07) is 3.92. The van der Waals surface area contributed by atoms with Gasteiger partial charge in [0.25, 0.3) is 5.69 Å². The van der Waals surface area contributed by atoms with Crippen LogP contribution in [0.4, 0.5) is 5.69 Å². The van der Waals surface area contributed by atoms with Gasteiger partial charge in [-0.05, 0) is 11.6 Å². The molecule has 0 aliphatic carbocycles. The van der Waals surface area contributed by atoms with Gasteiger partial charge in [-0.25, -0.2) is 0 Å². The number of nitro groups is 1. The van der Waals surface area contributed by atoms with E-state index in [1.54, 1.807) is 0 Å². The number of rotatable bonds is 5. The maximum Gasteiger partial charge on any atom is 0.275 e. The van der Waals surface area contributed by atoms with Gasteiger partial charge in [-0.2, -0.15) is 12.6 Å². The normalized spacial score (nSPS) is 14.4. The highest BCUT2D eigenvalue weighted by atomic mass is 32.1. The second-order valence-electron chi connectivity index (χ2n) is 3.50. The third-order valence-corrected chi connectivity index (χ3v) is 2.74. The van der Waals surface area contributed by atoms with Crippen molar-refractivity contribution in [2.24, 2.45) is 0 Å². The third kappa shape index (κ3) is 3.16. The second-order valence-corrected chi connectivity index (χ2v) is 3.86. The van der Waals surface area contributed by atoms with Crippen LogP contribution in [0.1, 0.15) is 17.2 Å². The number of benzene rings is 1. The lowest BCUT2D eigenvalue weighted by Gasteiger charge is -2.16. The standard InChI is InChI=1S/C10H13NO5S/c12-4-7-2-1-6(3-8(7)11(15)16)10(14)9(13)5-17/h1-3,9-10,12-14,17H,4-5H2. The summed E-state index contributed by atoms with van der Waals surface area (Å²) >= 11 is 3.83. The van der Waals surface area contributed by atoms with E-state index < -0.39 is 23.7 Å². The molecule has 1 rings (SSSR count). The number of nitrogens with zero attached hydrogens (tertiary/aromatic N) is 1. The molecule has 2 atom stereocenters. The Morgan fingerprint density at radius 3 is 2.53 bits per heavy atom. The Labute approximate surface area is 103 Å². The van der Waals surface area contributed by atoms with Gasteiger partial charge >= 0.3 is 0 Å². The van der Waals surface area contributed by atoms with Gasteiger partial charge in [0.2, 0.25) is 0 Å². The molecule has 1 aromatic carbocycles. The topological polar surface area (TPSA) is 104 Å². The summed E-state index contributed by atoms with van der Waals surface area (Å²) in [6.45, 7) is -0.457. The van der Waals surface area contributed by atoms with E-state index in [0.717, 1.165) is 6.07 Å². The molecule has 7 heteroatoms. The van der Waals surface area contributed by atoms with Crippen molar-refractivity contribution in [3.05, 3.63) is 39.4 Å². The summed E-state index contributed by atoms with van der Waals surface area (Å²) in [5, 5.41) is 38.7. The van der Waals surface area contributed by atoms with Crippen LogP contribution in [0.5, 0.6) is 0 Å². The van der Waals surface area contributed by atoms with Gasteiger partial charge in [0, 0.05) is 11.8 Å². The van der Waals surface area contributed by atoms with E-state index >= 15 is 0 Å². The molecule has 94 valence electrons. The lowest BCUT2D eigenvalue weighted by atomic mass is 10.0. The fourth-order valence-electron chi connectivity index (χ4n) is 1.39. The second kappa shape index (κ2) is 5.97. The van der Waals surface area contributed by atoms with Gasteiger partial charge in [0.05, 0.1) is 23.2 Å². The first-order valence-electron chi connectivity index (χ1n) is 4.86. The van der Waals surface area contributed by atoms with Crippen molar-refractivity contribution in [1.29, 1.82) is 0 Å². The lowest BCUT2D eigenvalue weighted by Crippen LogP contribution is -2.19. The van der Waals surface area contributed by atoms with Gasteiger partial charge < -0.3 is 15.3 Å². The Morgan fingerprint density at radius 2 is 2.06 bits per heavy atom. The van der Waals surface area contributed by atoms with Crippen molar-refractivity contribution in [3.63, 3.8) is 0 Å². The molecule has 0 amide bonds. The number of thiol groups is 1. The van der Waals surface area contributed by atoms with E-state index in [0.29, 0.717) is 0 Å². The Morgan fingerprint density at radius 1 is 1.41 bits per heavy atom. The Hall–Kier alpha value is -1.15. The largest absolute Gasteiger partial charge is 0.391 e. The maximum atomic E-state index is 10.7. The molecule has 0 aliphatic heterocycles. The van der Waals surface area contributed by atoms with E-state index in [1.807, 2.05) is 0 Å². The van der Waals surface area contributed by atoms with E-state index in [4.69, 9.17) is 5.11 Å². The van der Waals surface area contributed by atoms with Crippen LogP contribution in [-0.4, -0.2) is 32.1 Å². The van der Waals surface area contributed by atoms with E-state index in [2.05, 4.69) is 12.6 Å². The fraction of sp³-hybridized carbons (Fsp3) is 0.400. The Bertz CT molecular complexity index is 412. The minimum absolute atomic E-state index is 0.0384. The van der Waals surface area contributed by atoms with Crippen LogP contribution in [0.3, 0.4) is 0 Å². The molecule has 1 aromatic rings. The maximum absolute atomic E-state index is 10.7. The SMILES string of the molecule is O=[N+]([O-])c1cc(C(O)C(O)CS)ccc1CO. The molecular weight excluding hydrogens is 246 g/mol. The average Bonchev–Trinajstić information content (AvgIpc) is 2.35. The molecule has 0 aliphatic rings. The molecule has 3 N–H and O–H groups in total. The van der Waals surface area contributed by atoms with Crippen molar-refractivity contribution < 1.29 is 20.2 Å². The molecule has 0 fully saturated rings. The zero-order valence-electron chi connectivity index (χ0n) is 8.85. The van der Waals surface area contributed by atoms with Crippen molar-refractivity contribution in [1.82, 2.24) is 0 Å². The smallest absolute Gasteiger partial charge is 0.275 e. The summed E-state index contributed by atoms with van der Waals surface area (Å²) in [5.41, 5.74) is 0.0946. The quantitative estimate of drug-likeness (QED) is 0.348. The molecule has 0 saturated heterocycles. The lowest BCUT2D eigenvalue weighted by molar-refractivity contribution is -0.386. The Balaban J connectivity index is 3.12. The molecule has 0 saturated carbocycles. The van der Waals surface area contributed by atoms with E-state index in [9.17, 15) is 20.3 Å². The van der Waals surface area contributed by atoms with Crippen molar-refractivity contribution >= 4 is 18.3 Å². The van der Waals surface area contributed by atoms with Crippen LogP contribution in [0.15, 0.2) is 18.2 Å². The van der Waals surface area contributed by atoms with Crippen LogP contribution in [-0.2, 0) is 6.61 Å².